The van der Waals surface area contributed by atoms with Crippen LogP contribution in [0.1, 0.15) is 0 Å². The molecule has 0 aliphatic carbocycles. The molecule has 3 nitrogen and oxygen atoms in total. The van der Waals surface area contributed by atoms with Crippen LogP contribution < -0.4 is 4.65 Å². The van der Waals surface area contributed by atoms with E-state index in [4.69, 9.17) is 44.9 Å². The molecule has 0 fully saturated rings. The van der Waals surface area contributed by atoms with Gasteiger partial charge in [0.05, 0.1) is 10.0 Å². The van der Waals surface area contributed by atoms with Gasteiger partial charge < -0.3 is 14.7 Å². The summed E-state index contributed by atoms with van der Waals surface area (Å²) in [6.45, 7) is 0. The van der Waals surface area contributed by atoms with Gasteiger partial charge in [0.25, 0.3) is 0 Å². The molecule has 15 heavy (non-hydrogen) atoms. The highest BCUT2D eigenvalue weighted by molar-refractivity contribution is 6.49. The van der Waals surface area contributed by atoms with Crippen molar-refractivity contribution in [3.63, 3.8) is 0 Å². The zero-order valence-electron chi connectivity index (χ0n) is 6.77. The molecule has 1 aromatic carbocycles. The Morgan fingerprint density at radius 3 is 1.93 bits per heavy atom. The van der Waals surface area contributed by atoms with Crippen LogP contribution in [0.25, 0.3) is 0 Å². The average Bonchev–Trinajstić information content (AvgIpc) is 2.18. The number of hydrogen-bond acceptors (Lipinski definition) is 3. The van der Waals surface area contributed by atoms with Gasteiger partial charge in [-0.15, -0.1) is 0 Å². The molecule has 0 atom stereocenters. The van der Waals surface area contributed by atoms with E-state index in [2.05, 4.69) is 4.65 Å². The van der Waals surface area contributed by atoms with Gasteiger partial charge >= 0.3 is 7.32 Å². The second-order valence-corrected chi connectivity index (χ2v) is 3.48. The van der Waals surface area contributed by atoms with Gasteiger partial charge in [0, 0.05) is 0 Å². The molecule has 0 saturated heterocycles. The molecule has 0 aromatic heterocycles. The third-order valence-electron chi connectivity index (χ3n) is 1.39. The van der Waals surface area contributed by atoms with Crippen molar-refractivity contribution in [1.29, 1.82) is 0 Å². The highest BCUT2D eigenvalue weighted by atomic mass is 35.5. The monoisotopic (exact) mass is 276 g/mol. The summed E-state index contributed by atoms with van der Waals surface area (Å²) >= 11 is 16.2. The van der Waals surface area contributed by atoms with Gasteiger partial charge in [0.15, 0.2) is 11.6 Å². The maximum atomic E-state index is 13.1. The van der Waals surface area contributed by atoms with Crippen LogP contribution in [0.15, 0.2) is 0 Å². The van der Waals surface area contributed by atoms with Gasteiger partial charge in [-0.25, -0.2) is 4.39 Å². The molecular formula is C6H2BCl3F2O3. The van der Waals surface area contributed by atoms with Crippen LogP contribution in [-0.2, 0) is 0 Å². The summed E-state index contributed by atoms with van der Waals surface area (Å²) < 4.78 is 30.2. The van der Waals surface area contributed by atoms with Crippen LogP contribution in [0.3, 0.4) is 0 Å². The third kappa shape index (κ3) is 2.46. The predicted octanol–water partition coefficient (Wildman–Crippen LogP) is 2.27. The van der Waals surface area contributed by atoms with Crippen molar-refractivity contribution >= 4 is 42.1 Å². The normalized spacial score (nSPS) is 10.3. The molecule has 0 unspecified atom stereocenters. The predicted molar refractivity (Wildman–Crippen MR) is 52.2 cm³/mol. The lowest BCUT2D eigenvalue weighted by Crippen LogP contribution is -2.21. The van der Waals surface area contributed by atoms with Gasteiger partial charge in [-0.1, -0.05) is 34.8 Å². The molecule has 0 amide bonds. The Labute approximate surface area is 98.3 Å². The van der Waals surface area contributed by atoms with Gasteiger partial charge in [0.2, 0.25) is 5.82 Å². The quantitative estimate of drug-likeness (QED) is 0.495. The zero-order valence-corrected chi connectivity index (χ0v) is 9.04. The van der Waals surface area contributed by atoms with Gasteiger partial charge in [-0.05, 0) is 0 Å². The van der Waals surface area contributed by atoms with Gasteiger partial charge in [-0.2, -0.15) is 4.39 Å². The van der Waals surface area contributed by atoms with Crippen LogP contribution in [0.2, 0.25) is 15.1 Å². The van der Waals surface area contributed by atoms with Gasteiger partial charge in [0.1, 0.15) is 5.02 Å². The van der Waals surface area contributed by atoms with Crippen molar-refractivity contribution in [1.82, 2.24) is 0 Å². The van der Waals surface area contributed by atoms with E-state index < -0.39 is 39.8 Å². The lowest BCUT2D eigenvalue weighted by atomic mass is 10.2. The maximum absolute atomic E-state index is 13.1. The lowest BCUT2D eigenvalue weighted by molar-refractivity contribution is 0.279. The lowest BCUT2D eigenvalue weighted by Gasteiger charge is -2.11. The van der Waals surface area contributed by atoms with Crippen LogP contribution in [0.4, 0.5) is 8.78 Å². The number of benzene rings is 1. The Morgan fingerprint density at radius 2 is 1.47 bits per heavy atom. The van der Waals surface area contributed by atoms with Crippen molar-refractivity contribution in [2.75, 3.05) is 0 Å². The van der Waals surface area contributed by atoms with Crippen LogP contribution in [-0.4, -0.2) is 17.4 Å². The van der Waals surface area contributed by atoms with Gasteiger partial charge in [-0.3, -0.25) is 0 Å². The summed E-state index contributed by atoms with van der Waals surface area (Å²) in [5, 5.41) is 15.1. The highest BCUT2D eigenvalue weighted by Gasteiger charge is 2.26. The van der Waals surface area contributed by atoms with E-state index in [0.717, 1.165) is 0 Å². The Morgan fingerprint density at radius 1 is 0.933 bits per heavy atom. The van der Waals surface area contributed by atoms with E-state index in [1.54, 1.807) is 0 Å². The first-order valence-corrected chi connectivity index (χ1v) is 4.54. The molecule has 1 aromatic rings. The molecular weight excluding hydrogens is 275 g/mol. The summed E-state index contributed by atoms with van der Waals surface area (Å²) in [6.07, 6.45) is 0. The maximum Gasteiger partial charge on any atom is 0.707 e. The van der Waals surface area contributed by atoms with Crippen molar-refractivity contribution in [2.24, 2.45) is 0 Å². The fourth-order valence-corrected chi connectivity index (χ4v) is 1.41. The minimum Gasteiger partial charge on any atom is -0.508 e. The minimum atomic E-state index is -2.35. The zero-order chi connectivity index (χ0) is 11.7. The summed E-state index contributed by atoms with van der Waals surface area (Å²) in [5.74, 6) is -3.96. The topological polar surface area (TPSA) is 49.7 Å². The molecule has 82 valence electrons. The molecule has 0 aliphatic heterocycles. The van der Waals surface area contributed by atoms with Crippen molar-refractivity contribution in [3.05, 3.63) is 26.7 Å². The van der Waals surface area contributed by atoms with E-state index in [0.29, 0.717) is 0 Å². The Bertz CT molecular complexity index is 373. The summed E-state index contributed by atoms with van der Waals surface area (Å²) in [6, 6.07) is 0. The molecule has 0 saturated carbocycles. The Balaban J connectivity index is 3.39. The SMILES string of the molecule is OB(O)Oc1c(F)c(F)c(Cl)c(Cl)c1Cl. The van der Waals surface area contributed by atoms with E-state index in [9.17, 15) is 8.78 Å². The third-order valence-corrected chi connectivity index (χ3v) is 2.68. The van der Waals surface area contributed by atoms with Crippen LogP contribution in [0.5, 0.6) is 5.75 Å². The molecule has 0 aliphatic rings. The Hall–Kier alpha value is -0.265. The van der Waals surface area contributed by atoms with Crippen molar-refractivity contribution in [2.45, 2.75) is 0 Å². The van der Waals surface area contributed by atoms with E-state index in [-0.39, 0.29) is 0 Å². The fraction of sp³-hybridized carbons (Fsp3) is 0. The van der Waals surface area contributed by atoms with E-state index in [1.165, 1.54) is 0 Å². The Kier molecular flexibility index (Phi) is 4.02. The number of hydrogen-bond donors (Lipinski definition) is 2. The van der Waals surface area contributed by atoms with Crippen LogP contribution >= 0.6 is 34.8 Å². The first kappa shape index (κ1) is 12.8. The first-order chi connectivity index (χ1) is 6.86. The van der Waals surface area contributed by atoms with E-state index >= 15 is 0 Å². The first-order valence-electron chi connectivity index (χ1n) is 3.40. The van der Waals surface area contributed by atoms with Crippen molar-refractivity contribution in [3.8, 4) is 5.75 Å². The molecule has 9 heteroatoms. The molecule has 0 bridgehead atoms. The number of halogens is 5. The summed E-state index contributed by atoms with van der Waals surface area (Å²) in [4.78, 5) is 0. The average molecular weight is 277 g/mol. The summed E-state index contributed by atoms with van der Waals surface area (Å²) in [7, 11) is -2.35. The molecule has 0 radical (unpaired) electrons. The molecule has 0 heterocycles. The number of rotatable bonds is 2. The standard InChI is InChI=1S/C6H2BCl3F2O3/c8-1-2(9)4(11)5(12)6(3(1)10)15-7(13)14/h13-14H. The molecule has 0 spiro atoms. The molecule has 2 N–H and O–H groups in total. The van der Waals surface area contributed by atoms with Crippen molar-refractivity contribution < 1.29 is 23.5 Å². The highest BCUT2D eigenvalue weighted by Crippen LogP contribution is 2.41. The van der Waals surface area contributed by atoms with Crippen LogP contribution in [0, 0.1) is 11.6 Å². The largest absolute Gasteiger partial charge is 0.707 e. The smallest absolute Gasteiger partial charge is 0.508 e. The molecule has 1 rings (SSSR count). The second kappa shape index (κ2) is 4.72. The summed E-state index contributed by atoms with van der Waals surface area (Å²) in [5.41, 5.74) is 0. The minimum absolute atomic E-state index is 0.479. The van der Waals surface area contributed by atoms with E-state index in [1.807, 2.05) is 0 Å². The second-order valence-electron chi connectivity index (χ2n) is 2.34. The fourth-order valence-electron chi connectivity index (χ4n) is 0.794.